The first-order valence-corrected chi connectivity index (χ1v) is 7.28. The molecule has 3 amide bonds. The first kappa shape index (κ1) is 15.9. The number of hydrogen-bond donors (Lipinski definition) is 1. The Morgan fingerprint density at radius 3 is 2.59 bits per heavy atom. The first-order chi connectivity index (χ1) is 10.5. The molecule has 1 aliphatic heterocycles. The number of carbonyl (C=O) groups excluding carboxylic acids is 3. The third-order valence-corrected chi connectivity index (χ3v) is 3.53. The number of hydrogen-bond acceptors (Lipinski definition) is 4. The fourth-order valence-electron chi connectivity index (χ4n) is 2.28. The lowest BCUT2D eigenvalue weighted by Crippen LogP contribution is -2.56. The SMILES string of the molecule is CCN1CCN(CC(=O)NCc2cccc(C)n2)C(=O)C1=O. The summed E-state index contributed by atoms with van der Waals surface area (Å²) in [5.41, 5.74) is 1.63. The summed E-state index contributed by atoms with van der Waals surface area (Å²) in [6, 6.07) is 5.57. The van der Waals surface area contributed by atoms with Crippen LogP contribution in [-0.4, -0.2) is 58.7 Å². The van der Waals surface area contributed by atoms with E-state index in [4.69, 9.17) is 0 Å². The highest BCUT2D eigenvalue weighted by atomic mass is 16.2. The molecule has 0 aliphatic carbocycles. The number of rotatable bonds is 5. The van der Waals surface area contributed by atoms with Crippen molar-refractivity contribution in [1.29, 1.82) is 0 Å². The number of amides is 3. The number of aryl methyl sites for hydroxylation is 1. The van der Waals surface area contributed by atoms with Crippen LogP contribution in [0, 0.1) is 6.92 Å². The van der Waals surface area contributed by atoms with Crippen molar-refractivity contribution >= 4 is 17.7 Å². The van der Waals surface area contributed by atoms with Crippen LogP contribution in [0.2, 0.25) is 0 Å². The average molecular weight is 304 g/mol. The van der Waals surface area contributed by atoms with Gasteiger partial charge < -0.3 is 15.1 Å². The van der Waals surface area contributed by atoms with E-state index in [-0.39, 0.29) is 12.5 Å². The van der Waals surface area contributed by atoms with E-state index in [1.807, 2.05) is 32.0 Å². The number of nitrogens with one attached hydrogen (secondary N) is 1. The van der Waals surface area contributed by atoms with E-state index >= 15 is 0 Å². The Hall–Kier alpha value is -2.44. The van der Waals surface area contributed by atoms with Crippen LogP contribution in [0.1, 0.15) is 18.3 Å². The van der Waals surface area contributed by atoms with Crippen molar-refractivity contribution in [2.75, 3.05) is 26.2 Å². The molecule has 0 unspecified atom stereocenters. The Bertz CT molecular complexity index is 588. The van der Waals surface area contributed by atoms with E-state index in [1.54, 1.807) is 0 Å². The third-order valence-electron chi connectivity index (χ3n) is 3.53. The van der Waals surface area contributed by atoms with Crippen molar-refractivity contribution in [1.82, 2.24) is 20.1 Å². The average Bonchev–Trinajstić information content (AvgIpc) is 2.50. The fourth-order valence-corrected chi connectivity index (χ4v) is 2.28. The van der Waals surface area contributed by atoms with Gasteiger partial charge in [0.25, 0.3) is 0 Å². The van der Waals surface area contributed by atoms with Crippen molar-refractivity contribution < 1.29 is 14.4 Å². The molecule has 7 nitrogen and oxygen atoms in total. The summed E-state index contributed by atoms with van der Waals surface area (Å²) in [5, 5.41) is 2.71. The predicted octanol–water partition coefficient (Wildman–Crippen LogP) is -0.303. The van der Waals surface area contributed by atoms with Crippen LogP contribution in [0.3, 0.4) is 0 Å². The predicted molar refractivity (Wildman–Crippen MR) is 79.7 cm³/mol. The molecule has 118 valence electrons. The van der Waals surface area contributed by atoms with Gasteiger partial charge in [-0.05, 0) is 26.0 Å². The number of nitrogens with zero attached hydrogens (tertiary/aromatic N) is 3. The highest BCUT2D eigenvalue weighted by Crippen LogP contribution is 2.04. The van der Waals surface area contributed by atoms with Gasteiger partial charge in [0.1, 0.15) is 6.54 Å². The maximum Gasteiger partial charge on any atom is 0.312 e. The highest BCUT2D eigenvalue weighted by molar-refractivity contribution is 6.35. The molecule has 0 spiro atoms. The molecule has 0 saturated carbocycles. The standard InChI is InChI=1S/C15H20N4O3/c1-3-18-7-8-19(15(22)14(18)21)10-13(20)16-9-12-6-4-5-11(2)17-12/h4-6H,3,7-10H2,1-2H3,(H,16,20). The van der Waals surface area contributed by atoms with Crippen LogP contribution in [0.25, 0.3) is 0 Å². The second-order valence-electron chi connectivity index (χ2n) is 5.16. The van der Waals surface area contributed by atoms with Gasteiger partial charge in [0.15, 0.2) is 0 Å². The maximum absolute atomic E-state index is 11.9. The van der Waals surface area contributed by atoms with Gasteiger partial charge in [-0.25, -0.2) is 0 Å². The van der Waals surface area contributed by atoms with Gasteiger partial charge in [-0.15, -0.1) is 0 Å². The molecular weight excluding hydrogens is 284 g/mol. The minimum atomic E-state index is -0.614. The second kappa shape index (κ2) is 7.02. The van der Waals surface area contributed by atoms with Gasteiger partial charge in [0.2, 0.25) is 5.91 Å². The molecule has 1 N–H and O–H groups in total. The van der Waals surface area contributed by atoms with Crippen molar-refractivity contribution in [2.45, 2.75) is 20.4 Å². The Kier molecular flexibility index (Phi) is 5.08. The van der Waals surface area contributed by atoms with Gasteiger partial charge in [-0.3, -0.25) is 19.4 Å². The normalized spacial score (nSPS) is 15.2. The van der Waals surface area contributed by atoms with Crippen LogP contribution in [0.5, 0.6) is 0 Å². The Morgan fingerprint density at radius 1 is 1.23 bits per heavy atom. The van der Waals surface area contributed by atoms with Crippen molar-refractivity contribution in [3.8, 4) is 0 Å². The molecule has 1 aliphatic rings. The highest BCUT2D eigenvalue weighted by Gasteiger charge is 2.32. The maximum atomic E-state index is 11.9. The third kappa shape index (κ3) is 3.81. The number of piperazine rings is 1. The van der Waals surface area contributed by atoms with Crippen LogP contribution >= 0.6 is 0 Å². The zero-order chi connectivity index (χ0) is 16.1. The summed E-state index contributed by atoms with van der Waals surface area (Å²) < 4.78 is 0. The number of pyridine rings is 1. The lowest BCUT2D eigenvalue weighted by molar-refractivity contribution is -0.156. The molecule has 0 aromatic carbocycles. The van der Waals surface area contributed by atoms with Gasteiger partial charge in [0.05, 0.1) is 12.2 Å². The van der Waals surface area contributed by atoms with Crippen LogP contribution < -0.4 is 5.32 Å². The zero-order valence-electron chi connectivity index (χ0n) is 12.8. The molecule has 22 heavy (non-hydrogen) atoms. The van der Waals surface area contributed by atoms with Crippen molar-refractivity contribution in [2.24, 2.45) is 0 Å². The second-order valence-corrected chi connectivity index (χ2v) is 5.16. The van der Waals surface area contributed by atoms with E-state index in [0.717, 1.165) is 11.4 Å². The van der Waals surface area contributed by atoms with Gasteiger partial charge in [-0.2, -0.15) is 0 Å². The number of aromatic nitrogens is 1. The fraction of sp³-hybridized carbons (Fsp3) is 0.467. The molecule has 2 rings (SSSR count). The smallest absolute Gasteiger partial charge is 0.312 e. The monoisotopic (exact) mass is 304 g/mol. The summed E-state index contributed by atoms with van der Waals surface area (Å²) in [6.45, 7) is 5.25. The number of carbonyl (C=O) groups is 3. The summed E-state index contributed by atoms with van der Waals surface area (Å²) >= 11 is 0. The van der Waals surface area contributed by atoms with E-state index in [0.29, 0.717) is 26.2 Å². The largest absolute Gasteiger partial charge is 0.349 e. The molecule has 1 saturated heterocycles. The van der Waals surface area contributed by atoms with E-state index < -0.39 is 11.8 Å². The van der Waals surface area contributed by atoms with Crippen molar-refractivity contribution in [3.63, 3.8) is 0 Å². The summed E-state index contributed by atoms with van der Waals surface area (Å²) in [4.78, 5) is 42.6. The topological polar surface area (TPSA) is 82.6 Å². The van der Waals surface area contributed by atoms with Crippen molar-refractivity contribution in [3.05, 3.63) is 29.6 Å². The lowest BCUT2D eigenvalue weighted by atomic mass is 10.2. The first-order valence-electron chi connectivity index (χ1n) is 7.28. The molecular formula is C15H20N4O3. The van der Waals surface area contributed by atoms with E-state index in [9.17, 15) is 14.4 Å². The van der Waals surface area contributed by atoms with Crippen LogP contribution in [0.4, 0.5) is 0 Å². The zero-order valence-corrected chi connectivity index (χ0v) is 12.8. The Morgan fingerprint density at radius 2 is 1.91 bits per heavy atom. The molecule has 1 aromatic heterocycles. The molecule has 0 atom stereocenters. The molecule has 1 aromatic rings. The minimum absolute atomic E-state index is 0.103. The Balaban J connectivity index is 1.85. The van der Waals surface area contributed by atoms with Gasteiger partial charge >= 0.3 is 11.8 Å². The van der Waals surface area contributed by atoms with E-state index in [2.05, 4.69) is 10.3 Å². The molecule has 2 heterocycles. The summed E-state index contributed by atoms with van der Waals surface area (Å²) in [5.74, 6) is -1.45. The van der Waals surface area contributed by atoms with Gasteiger partial charge in [0, 0.05) is 25.3 Å². The molecule has 7 heteroatoms. The summed E-state index contributed by atoms with van der Waals surface area (Å²) in [7, 11) is 0. The van der Waals surface area contributed by atoms with Crippen LogP contribution in [0.15, 0.2) is 18.2 Å². The summed E-state index contributed by atoms with van der Waals surface area (Å²) in [6.07, 6.45) is 0. The minimum Gasteiger partial charge on any atom is -0.349 e. The van der Waals surface area contributed by atoms with Crippen LogP contribution in [-0.2, 0) is 20.9 Å². The van der Waals surface area contributed by atoms with Gasteiger partial charge in [-0.1, -0.05) is 6.07 Å². The molecule has 0 radical (unpaired) electrons. The quantitative estimate of drug-likeness (QED) is 0.757. The number of likely N-dealkylation sites (N-methyl/N-ethyl adjacent to an activating group) is 1. The Labute approximate surface area is 129 Å². The lowest BCUT2D eigenvalue weighted by Gasteiger charge is -2.32. The van der Waals surface area contributed by atoms with E-state index in [1.165, 1.54) is 9.80 Å². The molecule has 0 bridgehead atoms. The molecule has 1 fully saturated rings.